The van der Waals surface area contributed by atoms with Gasteiger partial charge in [-0.05, 0) is 25.8 Å². The van der Waals surface area contributed by atoms with Crippen molar-refractivity contribution in [3.8, 4) is 0 Å². The lowest BCUT2D eigenvalue weighted by Crippen LogP contribution is -2.50. The Morgan fingerprint density at radius 1 is 1.40 bits per heavy atom. The summed E-state index contributed by atoms with van der Waals surface area (Å²) in [6.45, 7) is 2.47. The van der Waals surface area contributed by atoms with Crippen molar-refractivity contribution < 1.29 is 9.53 Å². The number of ether oxygens (including phenoxy) is 1. The van der Waals surface area contributed by atoms with E-state index in [4.69, 9.17) is 4.74 Å². The molecular formula is C11H20N2O2. The minimum atomic E-state index is 0.0457. The fourth-order valence-corrected chi connectivity index (χ4v) is 2.32. The van der Waals surface area contributed by atoms with Gasteiger partial charge in [0.15, 0.2) is 0 Å². The first-order chi connectivity index (χ1) is 7.29. The van der Waals surface area contributed by atoms with Crippen LogP contribution in [0.5, 0.6) is 0 Å². The van der Waals surface area contributed by atoms with Gasteiger partial charge < -0.3 is 15.0 Å². The van der Waals surface area contributed by atoms with Gasteiger partial charge in [-0.1, -0.05) is 6.42 Å². The minimum Gasteiger partial charge on any atom is -0.379 e. The van der Waals surface area contributed by atoms with Gasteiger partial charge in [0.2, 0.25) is 5.91 Å². The summed E-state index contributed by atoms with van der Waals surface area (Å²) < 4.78 is 5.30. The Morgan fingerprint density at radius 3 is 2.87 bits per heavy atom. The maximum Gasteiger partial charge on any atom is 0.239 e. The van der Waals surface area contributed by atoms with Crippen LogP contribution in [0.1, 0.15) is 25.7 Å². The Kier molecular flexibility index (Phi) is 3.59. The maximum atomic E-state index is 12.1. The van der Waals surface area contributed by atoms with E-state index >= 15 is 0 Å². The number of piperidine rings is 1. The number of carbonyl (C=O) groups excluding carboxylic acids is 1. The molecule has 2 rings (SSSR count). The van der Waals surface area contributed by atoms with Crippen molar-refractivity contribution in [2.24, 2.45) is 0 Å². The molecule has 2 unspecified atom stereocenters. The molecule has 2 aliphatic rings. The third-order valence-corrected chi connectivity index (χ3v) is 3.41. The molecule has 0 aromatic carbocycles. The van der Waals surface area contributed by atoms with Gasteiger partial charge in [-0.25, -0.2) is 0 Å². The van der Waals surface area contributed by atoms with Crippen LogP contribution in [0, 0.1) is 0 Å². The van der Waals surface area contributed by atoms with Gasteiger partial charge in [-0.2, -0.15) is 0 Å². The Morgan fingerprint density at radius 2 is 2.27 bits per heavy atom. The molecule has 0 spiro atoms. The highest BCUT2D eigenvalue weighted by molar-refractivity contribution is 5.82. The number of nitrogens with one attached hydrogen (secondary N) is 1. The van der Waals surface area contributed by atoms with Crippen LogP contribution in [-0.2, 0) is 9.53 Å². The molecule has 0 aromatic heterocycles. The fraction of sp³-hybridized carbons (Fsp3) is 0.909. The predicted molar refractivity (Wildman–Crippen MR) is 57.6 cm³/mol. The molecule has 4 heteroatoms. The third kappa shape index (κ3) is 2.49. The Hall–Kier alpha value is -0.610. The Bertz CT molecular complexity index is 221. The first-order valence-corrected chi connectivity index (χ1v) is 5.87. The van der Waals surface area contributed by atoms with Gasteiger partial charge in [-0.3, -0.25) is 4.79 Å². The van der Waals surface area contributed by atoms with Crippen molar-refractivity contribution in [3.05, 3.63) is 0 Å². The fourth-order valence-electron chi connectivity index (χ4n) is 2.32. The number of carbonyl (C=O) groups is 1. The van der Waals surface area contributed by atoms with Gasteiger partial charge in [0, 0.05) is 13.7 Å². The van der Waals surface area contributed by atoms with E-state index in [-0.39, 0.29) is 11.9 Å². The molecule has 1 amide bonds. The number of nitrogens with zero attached hydrogens (tertiary/aromatic N) is 1. The van der Waals surface area contributed by atoms with E-state index in [2.05, 4.69) is 5.32 Å². The molecule has 2 aliphatic heterocycles. The van der Waals surface area contributed by atoms with Crippen LogP contribution < -0.4 is 5.32 Å². The average Bonchev–Trinajstić information content (AvgIpc) is 2.82. The molecule has 0 bridgehead atoms. The van der Waals surface area contributed by atoms with Gasteiger partial charge >= 0.3 is 0 Å². The summed E-state index contributed by atoms with van der Waals surface area (Å²) >= 11 is 0. The largest absolute Gasteiger partial charge is 0.379 e. The molecule has 2 heterocycles. The zero-order chi connectivity index (χ0) is 10.7. The molecular weight excluding hydrogens is 192 g/mol. The van der Waals surface area contributed by atoms with E-state index in [0.29, 0.717) is 12.6 Å². The highest BCUT2D eigenvalue weighted by atomic mass is 16.5. The highest BCUT2D eigenvalue weighted by Crippen LogP contribution is 2.15. The van der Waals surface area contributed by atoms with Crippen LogP contribution in [0.3, 0.4) is 0 Å². The lowest BCUT2D eigenvalue weighted by molar-refractivity contribution is -0.134. The second-order valence-corrected chi connectivity index (χ2v) is 4.47. The van der Waals surface area contributed by atoms with Crippen molar-refractivity contribution in [3.63, 3.8) is 0 Å². The highest BCUT2D eigenvalue weighted by Gasteiger charge is 2.29. The van der Waals surface area contributed by atoms with E-state index in [1.807, 2.05) is 11.9 Å². The summed E-state index contributed by atoms with van der Waals surface area (Å²) in [5.74, 6) is 0.241. The number of likely N-dealkylation sites (N-methyl/N-ethyl adjacent to an activating group) is 1. The second kappa shape index (κ2) is 4.94. The van der Waals surface area contributed by atoms with E-state index in [0.717, 1.165) is 26.0 Å². The zero-order valence-corrected chi connectivity index (χ0v) is 9.37. The SMILES string of the molecule is CN(C(=O)C1CCCCN1)C1CCOC1. The lowest BCUT2D eigenvalue weighted by Gasteiger charge is -2.30. The van der Waals surface area contributed by atoms with Crippen molar-refractivity contribution in [1.82, 2.24) is 10.2 Å². The molecule has 0 aromatic rings. The quantitative estimate of drug-likeness (QED) is 0.719. The molecule has 15 heavy (non-hydrogen) atoms. The number of rotatable bonds is 2. The van der Waals surface area contributed by atoms with E-state index < -0.39 is 0 Å². The third-order valence-electron chi connectivity index (χ3n) is 3.41. The maximum absolute atomic E-state index is 12.1. The molecule has 0 aliphatic carbocycles. The van der Waals surface area contributed by atoms with Crippen LogP contribution in [0.25, 0.3) is 0 Å². The summed E-state index contributed by atoms with van der Waals surface area (Å²) in [6.07, 6.45) is 4.32. The first kappa shape index (κ1) is 10.9. The van der Waals surface area contributed by atoms with Crippen LogP contribution in [0.4, 0.5) is 0 Å². The topological polar surface area (TPSA) is 41.6 Å². The minimum absolute atomic E-state index is 0.0457. The van der Waals surface area contributed by atoms with Gasteiger partial charge in [0.25, 0.3) is 0 Å². The number of hydrogen-bond acceptors (Lipinski definition) is 3. The summed E-state index contributed by atoms with van der Waals surface area (Å²) in [5.41, 5.74) is 0. The predicted octanol–water partition coefficient (Wildman–Crippen LogP) is 0.376. The van der Waals surface area contributed by atoms with Gasteiger partial charge in [0.05, 0.1) is 18.7 Å². The Labute approximate surface area is 91.0 Å². The summed E-state index contributed by atoms with van der Waals surface area (Å²) in [7, 11) is 1.90. The molecule has 2 fully saturated rings. The molecule has 2 saturated heterocycles. The van der Waals surface area contributed by atoms with Crippen LogP contribution in [-0.4, -0.2) is 49.7 Å². The van der Waals surface area contributed by atoms with Gasteiger partial charge in [0.1, 0.15) is 0 Å². The molecule has 0 saturated carbocycles. The first-order valence-electron chi connectivity index (χ1n) is 5.87. The number of amides is 1. The van der Waals surface area contributed by atoms with Crippen molar-refractivity contribution in [2.45, 2.75) is 37.8 Å². The lowest BCUT2D eigenvalue weighted by atomic mass is 10.0. The van der Waals surface area contributed by atoms with Crippen molar-refractivity contribution >= 4 is 5.91 Å². The standard InChI is InChI=1S/C11H20N2O2/c1-13(9-5-7-15-8-9)11(14)10-4-2-3-6-12-10/h9-10,12H,2-8H2,1H3. The van der Waals surface area contributed by atoms with Crippen molar-refractivity contribution in [2.75, 3.05) is 26.8 Å². The molecule has 1 N–H and O–H groups in total. The smallest absolute Gasteiger partial charge is 0.239 e. The molecule has 4 nitrogen and oxygen atoms in total. The summed E-state index contributed by atoms with van der Waals surface area (Å²) in [6, 6.07) is 0.338. The average molecular weight is 212 g/mol. The van der Waals surface area contributed by atoms with E-state index in [1.165, 1.54) is 12.8 Å². The summed E-state index contributed by atoms with van der Waals surface area (Å²) in [5, 5.41) is 3.29. The monoisotopic (exact) mass is 212 g/mol. The van der Waals surface area contributed by atoms with E-state index in [9.17, 15) is 4.79 Å². The molecule has 0 radical (unpaired) electrons. The normalized spacial score (nSPS) is 31.5. The Balaban J connectivity index is 1.87. The molecule has 2 atom stereocenters. The second-order valence-electron chi connectivity index (χ2n) is 4.47. The number of hydrogen-bond donors (Lipinski definition) is 1. The van der Waals surface area contributed by atoms with Crippen LogP contribution in [0.2, 0.25) is 0 Å². The molecule has 86 valence electrons. The van der Waals surface area contributed by atoms with Crippen LogP contribution >= 0.6 is 0 Å². The van der Waals surface area contributed by atoms with E-state index in [1.54, 1.807) is 0 Å². The van der Waals surface area contributed by atoms with Crippen LogP contribution in [0.15, 0.2) is 0 Å². The summed E-state index contributed by atoms with van der Waals surface area (Å²) in [4.78, 5) is 14.0. The van der Waals surface area contributed by atoms with Gasteiger partial charge in [-0.15, -0.1) is 0 Å². The van der Waals surface area contributed by atoms with Crippen molar-refractivity contribution in [1.29, 1.82) is 0 Å². The zero-order valence-electron chi connectivity index (χ0n) is 9.37.